The first kappa shape index (κ1) is 41.3. The van der Waals surface area contributed by atoms with Crippen LogP contribution in [0.25, 0.3) is 0 Å². The van der Waals surface area contributed by atoms with Gasteiger partial charge in [-0.2, -0.15) is 0 Å². The lowest BCUT2D eigenvalue weighted by Crippen LogP contribution is -2.60. The van der Waals surface area contributed by atoms with E-state index in [0.717, 1.165) is 11.1 Å². The number of methoxy groups -OCH3 is 1. The number of carbonyl (C=O) groups excluding carboxylic acids is 4. The lowest BCUT2D eigenvalue weighted by Gasteiger charge is -2.41. The van der Waals surface area contributed by atoms with E-state index >= 15 is 9.59 Å². The smallest absolute Gasteiger partial charge is 0.313 e. The van der Waals surface area contributed by atoms with Crippen LogP contribution in [0.4, 0.5) is 5.69 Å². The lowest BCUT2D eigenvalue weighted by atomic mass is 9.70. The second-order valence-electron chi connectivity index (χ2n) is 14.8. The van der Waals surface area contributed by atoms with Crippen LogP contribution in [0.5, 0.6) is 0 Å². The Balaban J connectivity index is 1.59. The van der Waals surface area contributed by atoms with Crippen molar-refractivity contribution in [3.05, 3.63) is 90.5 Å². The Bertz CT molecular complexity index is 1710. The fourth-order valence-electron chi connectivity index (χ4n) is 8.51. The first-order chi connectivity index (χ1) is 25.9. The molecule has 2 bridgehead atoms. The molecule has 1 unspecified atom stereocenters. The Hall–Kier alpha value is -3.84. The first-order valence-corrected chi connectivity index (χ1v) is 19.7. The average molecular weight is 809 g/mol. The van der Waals surface area contributed by atoms with Crippen molar-refractivity contribution in [3.63, 3.8) is 0 Å². The van der Waals surface area contributed by atoms with Crippen LogP contribution >= 0.6 is 15.9 Å². The summed E-state index contributed by atoms with van der Waals surface area (Å²) < 4.78 is 18.7. The van der Waals surface area contributed by atoms with Crippen molar-refractivity contribution < 1.29 is 38.5 Å². The standard InChI is InChI=1S/C42H54BrN3O8/c1-8-11-17-33(48)44-30(24-52-7)36(28-15-13-12-14-16-28)53-41(51)34-35-39(49)46(32(23-47)26(5)10-3)38(42(35)22-29(43)37(34)54-42)40(50)45(20-9-2)31-21-25(4)18-19-27(31)6/h8-9,12-16,18-19,21,26,29-30,32,34-38,47H,1-2,10-11,17,20,22-24H2,3-7H3,(H,44,48)/t26-,29?,30+,32-,34+,35-,36+,37+,38+,42-/m0/s1. The number of hydrogen-bond acceptors (Lipinski definition) is 8. The number of hydrogen-bond donors (Lipinski definition) is 2. The van der Waals surface area contributed by atoms with E-state index in [1.165, 1.54) is 12.0 Å². The van der Waals surface area contributed by atoms with Crippen LogP contribution in [-0.2, 0) is 33.4 Å². The van der Waals surface area contributed by atoms with Crippen molar-refractivity contribution in [1.29, 1.82) is 0 Å². The van der Waals surface area contributed by atoms with E-state index in [-0.39, 0.29) is 55.2 Å². The number of aliphatic hydroxyl groups excluding tert-OH is 1. The maximum atomic E-state index is 15.2. The summed E-state index contributed by atoms with van der Waals surface area (Å²) in [4.78, 5) is 60.7. The molecular weight excluding hydrogens is 754 g/mol. The number of anilines is 1. The van der Waals surface area contributed by atoms with Crippen molar-refractivity contribution in [3.8, 4) is 0 Å². The van der Waals surface area contributed by atoms with Crippen LogP contribution in [-0.4, -0.2) is 95.2 Å². The molecular formula is C42H54BrN3O8. The first-order valence-electron chi connectivity index (χ1n) is 18.8. The van der Waals surface area contributed by atoms with Crippen LogP contribution in [0, 0.1) is 31.6 Å². The topological polar surface area (TPSA) is 135 Å². The predicted octanol–water partition coefficient (Wildman–Crippen LogP) is 5.36. The van der Waals surface area contributed by atoms with Crippen LogP contribution in [0.2, 0.25) is 0 Å². The summed E-state index contributed by atoms with van der Waals surface area (Å²) in [5, 5.41) is 13.8. The molecule has 3 fully saturated rings. The van der Waals surface area contributed by atoms with Gasteiger partial charge in [0.1, 0.15) is 17.7 Å². The highest BCUT2D eigenvalue weighted by Gasteiger charge is 2.78. The number of esters is 1. The largest absolute Gasteiger partial charge is 0.455 e. The molecule has 10 atom stereocenters. The van der Waals surface area contributed by atoms with E-state index in [9.17, 15) is 14.7 Å². The zero-order valence-corrected chi connectivity index (χ0v) is 33.5. The van der Waals surface area contributed by atoms with E-state index in [1.807, 2.05) is 64.1 Å². The molecule has 2 aromatic rings. The molecule has 3 saturated heterocycles. The van der Waals surface area contributed by atoms with E-state index in [4.69, 9.17) is 14.2 Å². The van der Waals surface area contributed by atoms with Gasteiger partial charge in [-0.1, -0.05) is 90.8 Å². The molecule has 3 heterocycles. The molecule has 12 heteroatoms. The Morgan fingerprint density at radius 3 is 2.52 bits per heavy atom. The van der Waals surface area contributed by atoms with Gasteiger partial charge in [0, 0.05) is 30.6 Å². The summed E-state index contributed by atoms with van der Waals surface area (Å²) in [5.74, 6) is -4.09. The molecule has 1 spiro atoms. The Labute approximate surface area is 327 Å². The third kappa shape index (κ3) is 7.80. The van der Waals surface area contributed by atoms with Crippen molar-refractivity contribution in [1.82, 2.24) is 10.2 Å². The summed E-state index contributed by atoms with van der Waals surface area (Å²) in [7, 11) is 1.50. The summed E-state index contributed by atoms with van der Waals surface area (Å²) in [5.41, 5.74) is 1.73. The number of benzene rings is 2. The van der Waals surface area contributed by atoms with E-state index < -0.39 is 59.6 Å². The molecule has 11 nitrogen and oxygen atoms in total. The molecule has 3 aliphatic heterocycles. The third-order valence-corrected chi connectivity index (χ3v) is 12.2. The number of amides is 3. The van der Waals surface area contributed by atoms with Crippen LogP contribution in [0.3, 0.4) is 0 Å². The molecule has 5 rings (SSSR count). The van der Waals surface area contributed by atoms with Gasteiger partial charge >= 0.3 is 5.97 Å². The number of likely N-dealkylation sites (tertiary alicyclic amines) is 1. The number of nitrogens with one attached hydrogen (secondary N) is 1. The minimum absolute atomic E-state index is 0.0413. The second kappa shape index (κ2) is 17.7. The molecule has 0 aliphatic carbocycles. The third-order valence-electron chi connectivity index (χ3n) is 11.3. The van der Waals surface area contributed by atoms with E-state index in [1.54, 1.807) is 29.2 Å². The predicted molar refractivity (Wildman–Crippen MR) is 210 cm³/mol. The van der Waals surface area contributed by atoms with Crippen molar-refractivity contribution in [2.75, 3.05) is 31.8 Å². The normalized spacial score (nSPS) is 26.4. The fourth-order valence-corrected chi connectivity index (χ4v) is 9.45. The summed E-state index contributed by atoms with van der Waals surface area (Å²) in [6.07, 6.45) is 3.12. The fraction of sp³-hybridized carbons (Fsp3) is 0.524. The lowest BCUT2D eigenvalue weighted by molar-refractivity contribution is -0.163. The van der Waals surface area contributed by atoms with Gasteiger partial charge in [0.05, 0.1) is 43.2 Å². The number of nitrogens with zero attached hydrogens (tertiary/aromatic N) is 2. The zero-order valence-electron chi connectivity index (χ0n) is 31.9. The van der Waals surface area contributed by atoms with Gasteiger partial charge in [-0.15, -0.1) is 13.2 Å². The Kier molecular flexibility index (Phi) is 13.6. The van der Waals surface area contributed by atoms with E-state index in [2.05, 4.69) is 34.4 Å². The van der Waals surface area contributed by atoms with Gasteiger partial charge in [0.25, 0.3) is 5.91 Å². The highest BCUT2D eigenvalue weighted by Crippen LogP contribution is 2.61. The van der Waals surface area contributed by atoms with Gasteiger partial charge in [-0.05, 0) is 55.4 Å². The number of fused-ring (bicyclic) bond motifs is 1. The number of alkyl halides is 1. The summed E-state index contributed by atoms with van der Waals surface area (Å²) in [6.45, 7) is 15.2. The van der Waals surface area contributed by atoms with Crippen molar-refractivity contribution in [2.24, 2.45) is 17.8 Å². The Morgan fingerprint density at radius 2 is 1.89 bits per heavy atom. The molecule has 0 aromatic heterocycles. The number of aliphatic hydroxyl groups is 1. The van der Waals surface area contributed by atoms with Gasteiger partial charge < -0.3 is 34.4 Å². The molecule has 3 aliphatic rings. The molecule has 2 aromatic carbocycles. The van der Waals surface area contributed by atoms with Crippen molar-refractivity contribution in [2.45, 2.75) is 94.1 Å². The summed E-state index contributed by atoms with van der Waals surface area (Å²) in [6, 6.07) is 12.3. The number of aryl methyl sites for hydroxylation is 2. The van der Waals surface area contributed by atoms with Gasteiger partial charge in [0.2, 0.25) is 11.8 Å². The van der Waals surface area contributed by atoms with Crippen molar-refractivity contribution >= 4 is 45.3 Å². The minimum Gasteiger partial charge on any atom is -0.455 e. The van der Waals surface area contributed by atoms with Gasteiger partial charge in [-0.3, -0.25) is 19.2 Å². The maximum Gasteiger partial charge on any atom is 0.313 e. The maximum absolute atomic E-state index is 15.2. The van der Waals surface area contributed by atoms with Gasteiger partial charge in [0.15, 0.2) is 0 Å². The highest BCUT2D eigenvalue weighted by molar-refractivity contribution is 9.09. The molecule has 2 N–H and O–H groups in total. The zero-order chi connectivity index (χ0) is 39.3. The molecule has 292 valence electrons. The number of carbonyl (C=O) groups is 4. The molecule has 0 saturated carbocycles. The molecule has 0 radical (unpaired) electrons. The molecule has 3 amide bonds. The minimum atomic E-state index is -1.40. The number of allylic oxidation sites excluding steroid dienone is 1. The number of rotatable bonds is 18. The molecule has 54 heavy (non-hydrogen) atoms. The highest BCUT2D eigenvalue weighted by atomic mass is 79.9. The average Bonchev–Trinajstić information content (AvgIpc) is 3.76. The monoisotopic (exact) mass is 807 g/mol. The van der Waals surface area contributed by atoms with Gasteiger partial charge in [-0.25, -0.2) is 0 Å². The van der Waals surface area contributed by atoms with Crippen LogP contribution < -0.4 is 10.2 Å². The van der Waals surface area contributed by atoms with E-state index in [0.29, 0.717) is 24.1 Å². The van der Waals surface area contributed by atoms with Crippen LogP contribution in [0.1, 0.15) is 62.3 Å². The second-order valence-corrected chi connectivity index (χ2v) is 16.0. The number of halogens is 1. The quantitative estimate of drug-likeness (QED) is 0.117. The Morgan fingerprint density at radius 1 is 1.17 bits per heavy atom. The summed E-state index contributed by atoms with van der Waals surface area (Å²) >= 11 is 3.77. The number of ether oxygens (including phenoxy) is 3. The SMILES string of the molecule is C=CCCC(=O)N[C@H](COC)[C@H](OC(=O)[C@H]1[C@@H]2O[C@@]3(CC2Br)[C@@H]1C(=O)N([C@@H](CO)[C@@H](C)CC)[C@@H]3C(=O)N(CC=C)c1cc(C)ccc1C)c1ccccc1. The van der Waals surface area contributed by atoms with Crippen LogP contribution in [0.15, 0.2) is 73.8 Å².